The van der Waals surface area contributed by atoms with Crippen LogP contribution in [0.2, 0.25) is 0 Å². The maximum Gasteiger partial charge on any atom is 0.245 e. The fourth-order valence-electron chi connectivity index (χ4n) is 6.59. The molecule has 1 unspecified atom stereocenters. The largest absolute Gasteiger partial charge is 0.391 e. The number of aliphatic hydroxyl groups is 1. The van der Waals surface area contributed by atoms with Crippen LogP contribution >= 0.6 is 0 Å². The van der Waals surface area contributed by atoms with E-state index in [9.17, 15) is 29.1 Å². The van der Waals surface area contributed by atoms with Crippen molar-refractivity contribution in [2.75, 3.05) is 20.2 Å². The number of amides is 5. The number of hydrogen-bond donors (Lipinski definition) is 6. The summed E-state index contributed by atoms with van der Waals surface area (Å²) in [6, 6.07) is -4.80. The number of nitrogens with one attached hydrogen (secondary N) is 4. The molecule has 0 aromatic carbocycles. The molecule has 13 nitrogen and oxygen atoms in total. The van der Waals surface area contributed by atoms with Gasteiger partial charge in [-0.2, -0.15) is 0 Å². The third-order valence-corrected chi connectivity index (χ3v) is 9.56. The van der Waals surface area contributed by atoms with Crippen molar-refractivity contribution in [1.29, 1.82) is 0 Å². The number of nitrogens with zero attached hydrogens (tertiary/aromatic N) is 1. The highest BCUT2D eigenvalue weighted by Crippen LogP contribution is 2.28. The minimum absolute atomic E-state index is 0.0826. The minimum Gasteiger partial charge on any atom is -0.391 e. The Labute approximate surface area is 281 Å². The molecule has 0 aromatic rings. The summed E-state index contributed by atoms with van der Waals surface area (Å²) in [5, 5.41) is 21.4. The van der Waals surface area contributed by atoms with Crippen LogP contribution in [0.15, 0.2) is 0 Å². The third-order valence-electron chi connectivity index (χ3n) is 9.56. The van der Waals surface area contributed by atoms with Gasteiger partial charge in [0.15, 0.2) is 0 Å². The zero-order chi connectivity index (χ0) is 35.1. The molecule has 0 aromatic heterocycles. The van der Waals surface area contributed by atoms with E-state index in [1.807, 2.05) is 13.8 Å². The first-order valence-electron chi connectivity index (χ1n) is 17.8. The van der Waals surface area contributed by atoms with Gasteiger partial charge in [-0.05, 0) is 52.4 Å². The van der Waals surface area contributed by atoms with Gasteiger partial charge < -0.3 is 41.7 Å². The van der Waals surface area contributed by atoms with E-state index in [-0.39, 0.29) is 25.0 Å². The van der Waals surface area contributed by atoms with Crippen molar-refractivity contribution in [3.63, 3.8) is 0 Å². The number of likely N-dealkylation sites (N-methyl/N-ethyl adjacent to an activating group) is 1. The van der Waals surface area contributed by atoms with E-state index in [0.29, 0.717) is 19.3 Å². The van der Waals surface area contributed by atoms with Crippen molar-refractivity contribution < 1.29 is 33.8 Å². The SMILES string of the molecule is CCCCCC[C@H]1C(=O)N(C)[C@@H](CCC)C(=O)N[C@@H](C2CCCCC2)C(=O)N[C@@H](CN)C(=O)N[C@@H](C(C)O)C(=O)N[C@H](C)CO[C@@H]1C. The zero-order valence-electron chi connectivity index (χ0n) is 29.5. The molecule has 1 saturated carbocycles. The van der Waals surface area contributed by atoms with Gasteiger partial charge in [-0.1, -0.05) is 65.2 Å². The Balaban J connectivity index is 2.53. The van der Waals surface area contributed by atoms with E-state index in [2.05, 4.69) is 28.2 Å². The van der Waals surface area contributed by atoms with E-state index in [1.165, 1.54) is 11.8 Å². The molecule has 7 N–H and O–H groups in total. The van der Waals surface area contributed by atoms with Crippen LogP contribution in [0, 0.1) is 11.8 Å². The lowest BCUT2D eigenvalue weighted by Gasteiger charge is -2.35. The molecule has 2 rings (SSSR count). The van der Waals surface area contributed by atoms with Crippen LogP contribution in [0.5, 0.6) is 0 Å². The summed E-state index contributed by atoms with van der Waals surface area (Å²) in [5.74, 6) is -3.23. The molecule has 2 fully saturated rings. The average molecular weight is 667 g/mol. The summed E-state index contributed by atoms with van der Waals surface area (Å²) in [6.45, 7) is 8.82. The van der Waals surface area contributed by atoms with Crippen molar-refractivity contribution in [2.24, 2.45) is 17.6 Å². The molecule has 47 heavy (non-hydrogen) atoms. The highest BCUT2D eigenvalue weighted by Gasteiger charge is 2.39. The van der Waals surface area contributed by atoms with Gasteiger partial charge in [-0.25, -0.2) is 0 Å². The van der Waals surface area contributed by atoms with E-state index < -0.39 is 72.0 Å². The van der Waals surface area contributed by atoms with Crippen molar-refractivity contribution in [3.05, 3.63) is 0 Å². The maximum absolute atomic E-state index is 14.1. The molecular formula is C34H62N6O7. The Hall–Kier alpha value is -2.77. The van der Waals surface area contributed by atoms with E-state index in [1.54, 1.807) is 14.0 Å². The minimum atomic E-state index is -1.32. The van der Waals surface area contributed by atoms with Gasteiger partial charge in [0.25, 0.3) is 0 Å². The number of rotatable bonds is 10. The monoisotopic (exact) mass is 666 g/mol. The molecule has 0 bridgehead atoms. The Kier molecular flexibility index (Phi) is 17.7. The number of aliphatic hydroxyl groups excluding tert-OH is 1. The Morgan fingerprint density at radius 2 is 1.53 bits per heavy atom. The summed E-state index contributed by atoms with van der Waals surface area (Å²) >= 11 is 0. The highest BCUT2D eigenvalue weighted by atomic mass is 16.5. The second kappa shape index (κ2) is 20.6. The van der Waals surface area contributed by atoms with Crippen molar-refractivity contribution in [3.8, 4) is 0 Å². The summed E-state index contributed by atoms with van der Waals surface area (Å²) < 4.78 is 6.16. The summed E-state index contributed by atoms with van der Waals surface area (Å²) in [5.41, 5.74) is 5.91. The van der Waals surface area contributed by atoms with E-state index in [4.69, 9.17) is 10.5 Å². The van der Waals surface area contributed by atoms with Gasteiger partial charge in [-0.3, -0.25) is 24.0 Å². The summed E-state index contributed by atoms with van der Waals surface area (Å²) in [4.78, 5) is 69.9. The van der Waals surface area contributed by atoms with Crippen LogP contribution in [0.1, 0.15) is 112 Å². The number of unbranched alkanes of at least 4 members (excludes halogenated alkanes) is 3. The second-order valence-electron chi connectivity index (χ2n) is 13.6. The number of carbonyl (C=O) groups is 5. The first-order valence-corrected chi connectivity index (χ1v) is 17.8. The molecule has 13 heteroatoms. The first kappa shape index (κ1) is 40.4. The molecule has 270 valence electrons. The maximum atomic E-state index is 14.1. The Morgan fingerprint density at radius 3 is 2.13 bits per heavy atom. The summed E-state index contributed by atoms with van der Waals surface area (Å²) in [7, 11) is 1.64. The predicted octanol–water partition coefficient (Wildman–Crippen LogP) is 1.50. The van der Waals surface area contributed by atoms with Crippen molar-refractivity contribution >= 4 is 29.5 Å². The lowest BCUT2D eigenvalue weighted by Crippen LogP contribution is -2.62. The van der Waals surface area contributed by atoms with Crippen LogP contribution < -0.4 is 27.0 Å². The molecule has 0 spiro atoms. The number of carbonyl (C=O) groups excluding carboxylic acids is 5. The molecule has 1 aliphatic carbocycles. The van der Waals surface area contributed by atoms with Crippen LogP contribution in [-0.4, -0.2) is 102 Å². The highest BCUT2D eigenvalue weighted by molar-refractivity contribution is 5.96. The first-order chi connectivity index (χ1) is 22.4. The fourth-order valence-corrected chi connectivity index (χ4v) is 6.59. The molecule has 1 aliphatic heterocycles. The topological polar surface area (TPSA) is 192 Å². The molecule has 2 aliphatic rings. The lowest BCUT2D eigenvalue weighted by atomic mass is 9.83. The smallest absolute Gasteiger partial charge is 0.245 e. The lowest BCUT2D eigenvalue weighted by molar-refractivity contribution is -0.147. The van der Waals surface area contributed by atoms with Crippen molar-refractivity contribution in [2.45, 2.75) is 154 Å². The Bertz CT molecular complexity index is 1020. The normalized spacial score (nSPS) is 30.7. The molecule has 1 saturated heterocycles. The van der Waals surface area contributed by atoms with E-state index in [0.717, 1.165) is 57.8 Å². The van der Waals surface area contributed by atoms with Gasteiger partial charge in [0.05, 0.1) is 24.7 Å². The average Bonchev–Trinajstić information content (AvgIpc) is 3.05. The van der Waals surface area contributed by atoms with Crippen LogP contribution in [0.4, 0.5) is 0 Å². The number of nitrogens with two attached hydrogens (primary N) is 1. The third kappa shape index (κ3) is 12.3. The number of hydrogen-bond acceptors (Lipinski definition) is 8. The number of ether oxygens (including phenoxy) is 1. The van der Waals surface area contributed by atoms with Gasteiger partial charge in [0, 0.05) is 19.6 Å². The van der Waals surface area contributed by atoms with Crippen LogP contribution in [0.3, 0.4) is 0 Å². The molecular weight excluding hydrogens is 604 g/mol. The van der Waals surface area contributed by atoms with Gasteiger partial charge in [0.1, 0.15) is 24.2 Å². The van der Waals surface area contributed by atoms with Crippen LogP contribution in [0.25, 0.3) is 0 Å². The van der Waals surface area contributed by atoms with Gasteiger partial charge >= 0.3 is 0 Å². The molecule has 8 atom stereocenters. The quantitative estimate of drug-likeness (QED) is 0.189. The fraction of sp³-hybridized carbons (Fsp3) is 0.853. The summed E-state index contributed by atoms with van der Waals surface area (Å²) in [6.07, 6.45) is 8.04. The standard InChI is InChI=1S/C34H62N6O7/c1-7-9-10-14-18-25-23(5)47-20-21(3)36-32(44)28(22(4)41)38-30(42)26(19-35)37-33(45)29(24-16-12-11-13-17-24)39-31(43)27(15-8-2)40(6)34(25)46/h21-29,41H,7-20,35H2,1-6H3,(H,36,44)(H,37,45)(H,38,42)(H,39,43)/t21-,22?,23-,25-,26+,27+,28+,29+/m1/s1. The van der Waals surface area contributed by atoms with Crippen molar-refractivity contribution in [1.82, 2.24) is 26.2 Å². The Morgan fingerprint density at radius 1 is 0.851 bits per heavy atom. The molecule has 5 amide bonds. The molecule has 1 heterocycles. The van der Waals surface area contributed by atoms with E-state index >= 15 is 0 Å². The van der Waals surface area contributed by atoms with Gasteiger partial charge in [-0.15, -0.1) is 0 Å². The molecule has 0 radical (unpaired) electrons. The van der Waals surface area contributed by atoms with Crippen LogP contribution in [-0.2, 0) is 28.7 Å². The second-order valence-corrected chi connectivity index (χ2v) is 13.6. The predicted molar refractivity (Wildman–Crippen MR) is 180 cm³/mol. The van der Waals surface area contributed by atoms with Gasteiger partial charge in [0.2, 0.25) is 29.5 Å². The zero-order valence-corrected chi connectivity index (χ0v) is 29.5.